The van der Waals surface area contributed by atoms with Crippen LogP contribution in [0.4, 0.5) is 0 Å². The molecule has 2 atom stereocenters. The average molecular weight is 181 g/mol. The SMILES string of the molecule is C#CCCC(NC)C1CCCOC1. The van der Waals surface area contributed by atoms with Crippen LogP contribution in [0.2, 0.25) is 0 Å². The van der Waals surface area contributed by atoms with Crippen LogP contribution >= 0.6 is 0 Å². The Hall–Kier alpha value is -0.520. The largest absolute Gasteiger partial charge is 0.381 e. The molecule has 74 valence electrons. The van der Waals surface area contributed by atoms with Gasteiger partial charge in [0, 0.05) is 19.1 Å². The summed E-state index contributed by atoms with van der Waals surface area (Å²) in [6.07, 6.45) is 9.65. The molecule has 0 aromatic heterocycles. The van der Waals surface area contributed by atoms with Gasteiger partial charge >= 0.3 is 0 Å². The summed E-state index contributed by atoms with van der Waals surface area (Å²) in [7, 11) is 2.01. The Morgan fingerprint density at radius 2 is 2.54 bits per heavy atom. The van der Waals surface area contributed by atoms with Crippen molar-refractivity contribution in [2.24, 2.45) is 5.92 Å². The van der Waals surface area contributed by atoms with Crippen LogP contribution in [-0.2, 0) is 4.74 Å². The van der Waals surface area contributed by atoms with Gasteiger partial charge in [0.2, 0.25) is 0 Å². The van der Waals surface area contributed by atoms with Crippen LogP contribution in [-0.4, -0.2) is 26.3 Å². The minimum Gasteiger partial charge on any atom is -0.381 e. The predicted octanol–water partition coefficient (Wildman–Crippen LogP) is 1.41. The molecule has 13 heavy (non-hydrogen) atoms. The van der Waals surface area contributed by atoms with E-state index in [-0.39, 0.29) is 0 Å². The van der Waals surface area contributed by atoms with Crippen molar-refractivity contribution in [3.8, 4) is 12.3 Å². The van der Waals surface area contributed by atoms with Crippen LogP contribution in [0.3, 0.4) is 0 Å². The molecule has 1 aliphatic rings. The van der Waals surface area contributed by atoms with Crippen molar-refractivity contribution >= 4 is 0 Å². The molecule has 1 rings (SSSR count). The van der Waals surface area contributed by atoms with Crippen LogP contribution in [0, 0.1) is 18.3 Å². The molecule has 0 saturated carbocycles. The van der Waals surface area contributed by atoms with E-state index in [2.05, 4.69) is 11.2 Å². The van der Waals surface area contributed by atoms with Gasteiger partial charge in [-0.15, -0.1) is 12.3 Å². The molecule has 0 bridgehead atoms. The van der Waals surface area contributed by atoms with Gasteiger partial charge in [0.05, 0.1) is 6.61 Å². The first-order valence-electron chi connectivity index (χ1n) is 5.07. The van der Waals surface area contributed by atoms with Crippen molar-refractivity contribution in [2.45, 2.75) is 31.7 Å². The second kappa shape index (κ2) is 6.01. The Kier molecular flexibility index (Phi) is 4.88. The van der Waals surface area contributed by atoms with Crippen LogP contribution in [0.5, 0.6) is 0 Å². The minimum absolute atomic E-state index is 0.538. The molecule has 1 aliphatic heterocycles. The zero-order valence-corrected chi connectivity index (χ0v) is 8.38. The molecule has 2 nitrogen and oxygen atoms in total. The zero-order valence-electron chi connectivity index (χ0n) is 8.38. The lowest BCUT2D eigenvalue weighted by atomic mass is 9.91. The van der Waals surface area contributed by atoms with Gasteiger partial charge in [-0.05, 0) is 32.2 Å². The lowest BCUT2D eigenvalue weighted by Crippen LogP contribution is -2.38. The maximum absolute atomic E-state index is 5.45. The third-order valence-electron chi connectivity index (χ3n) is 2.74. The van der Waals surface area contributed by atoms with E-state index in [1.54, 1.807) is 0 Å². The topological polar surface area (TPSA) is 21.3 Å². The van der Waals surface area contributed by atoms with Gasteiger partial charge in [0.1, 0.15) is 0 Å². The molecule has 0 aromatic carbocycles. The Balaban J connectivity index is 2.31. The quantitative estimate of drug-likeness (QED) is 0.662. The van der Waals surface area contributed by atoms with Crippen molar-refractivity contribution in [2.75, 3.05) is 20.3 Å². The zero-order chi connectivity index (χ0) is 9.52. The van der Waals surface area contributed by atoms with E-state index >= 15 is 0 Å². The predicted molar refractivity (Wildman–Crippen MR) is 54.5 cm³/mol. The van der Waals surface area contributed by atoms with Crippen molar-refractivity contribution in [3.05, 3.63) is 0 Å². The third-order valence-corrected chi connectivity index (χ3v) is 2.74. The number of hydrogen-bond acceptors (Lipinski definition) is 2. The summed E-state index contributed by atoms with van der Waals surface area (Å²) in [5, 5.41) is 3.33. The number of hydrogen-bond donors (Lipinski definition) is 1. The summed E-state index contributed by atoms with van der Waals surface area (Å²) >= 11 is 0. The highest BCUT2D eigenvalue weighted by Gasteiger charge is 2.21. The van der Waals surface area contributed by atoms with Crippen LogP contribution in [0.15, 0.2) is 0 Å². The molecule has 1 saturated heterocycles. The highest BCUT2D eigenvalue weighted by Crippen LogP contribution is 2.19. The van der Waals surface area contributed by atoms with E-state index in [4.69, 9.17) is 11.2 Å². The number of ether oxygens (including phenoxy) is 1. The van der Waals surface area contributed by atoms with Gasteiger partial charge in [-0.25, -0.2) is 0 Å². The van der Waals surface area contributed by atoms with Gasteiger partial charge in [-0.2, -0.15) is 0 Å². The highest BCUT2D eigenvalue weighted by atomic mass is 16.5. The molecule has 1 N–H and O–H groups in total. The van der Waals surface area contributed by atoms with E-state index in [1.165, 1.54) is 12.8 Å². The monoisotopic (exact) mass is 181 g/mol. The molecule has 0 radical (unpaired) electrons. The molecule has 0 aromatic rings. The summed E-state index contributed by atoms with van der Waals surface area (Å²) in [6, 6.07) is 0.538. The first-order chi connectivity index (χ1) is 6.38. The summed E-state index contributed by atoms with van der Waals surface area (Å²) in [4.78, 5) is 0. The van der Waals surface area contributed by atoms with Crippen molar-refractivity contribution in [1.82, 2.24) is 5.32 Å². The first kappa shape index (κ1) is 10.6. The second-order valence-corrected chi connectivity index (χ2v) is 3.62. The van der Waals surface area contributed by atoms with Crippen molar-refractivity contribution < 1.29 is 4.74 Å². The first-order valence-corrected chi connectivity index (χ1v) is 5.07. The molecular weight excluding hydrogens is 162 g/mol. The lowest BCUT2D eigenvalue weighted by molar-refractivity contribution is 0.0394. The van der Waals surface area contributed by atoms with Crippen molar-refractivity contribution in [1.29, 1.82) is 0 Å². The summed E-state index contributed by atoms with van der Waals surface area (Å²) in [5.74, 6) is 3.35. The Morgan fingerprint density at radius 3 is 3.08 bits per heavy atom. The maximum Gasteiger partial charge on any atom is 0.0509 e. The van der Waals surface area contributed by atoms with Gasteiger partial charge in [-0.3, -0.25) is 0 Å². The number of rotatable bonds is 4. The summed E-state index contributed by atoms with van der Waals surface area (Å²) in [5.41, 5.74) is 0. The van der Waals surface area contributed by atoms with E-state index < -0.39 is 0 Å². The van der Waals surface area contributed by atoms with Gasteiger partial charge in [0.15, 0.2) is 0 Å². The Bertz CT molecular complexity index is 167. The molecule has 1 heterocycles. The smallest absolute Gasteiger partial charge is 0.0509 e. The summed E-state index contributed by atoms with van der Waals surface area (Å²) < 4.78 is 5.45. The van der Waals surface area contributed by atoms with Gasteiger partial charge < -0.3 is 10.1 Å². The lowest BCUT2D eigenvalue weighted by Gasteiger charge is -2.29. The number of terminal acetylenes is 1. The second-order valence-electron chi connectivity index (χ2n) is 3.62. The van der Waals surface area contributed by atoms with E-state index in [1.807, 2.05) is 7.05 Å². The average Bonchev–Trinajstić information content (AvgIpc) is 2.21. The molecule has 0 spiro atoms. The van der Waals surface area contributed by atoms with Gasteiger partial charge in [0.25, 0.3) is 0 Å². The van der Waals surface area contributed by atoms with Crippen LogP contribution in [0.1, 0.15) is 25.7 Å². The molecule has 0 aliphatic carbocycles. The Morgan fingerprint density at radius 1 is 1.69 bits per heavy atom. The van der Waals surface area contributed by atoms with E-state index in [0.29, 0.717) is 12.0 Å². The Labute approximate surface area is 81.0 Å². The fourth-order valence-corrected chi connectivity index (χ4v) is 1.94. The molecule has 2 heteroatoms. The highest BCUT2D eigenvalue weighted by molar-refractivity contribution is 4.87. The summed E-state index contributed by atoms with van der Waals surface area (Å²) in [6.45, 7) is 1.83. The maximum atomic E-state index is 5.45. The fourth-order valence-electron chi connectivity index (χ4n) is 1.94. The molecular formula is C11H19NO. The molecule has 0 amide bonds. The van der Waals surface area contributed by atoms with Gasteiger partial charge in [-0.1, -0.05) is 0 Å². The van der Waals surface area contributed by atoms with Crippen LogP contribution in [0.25, 0.3) is 0 Å². The standard InChI is InChI=1S/C11H19NO/c1-3-4-7-11(12-2)10-6-5-8-13-9-10/h1,10-12H,4-9H2,2H3. The van der Waals surface area contributed by atoms with E-state index in [0.717, 1.165) is 26.1 Å². The minimum atomic E-state index is 0.538. The third kappa shape index (κ3) is 3.38. The molecule has 1 fully saturated rings. The van der Waals surface area contributed by atoms with E-state index in [9.17, 15) is 0 Å². The van der Waals surface area contributed by atoms with Crippen LogP contribution < -0.4 is 5.32 Å². The fraction of sp³-hybridized carbons (Fsp3) is 0.818. The number of nitrogens with one attached hydrogen (secondary N) is 1. The van der Waals surface area contributed by atoms with Crippen molar-refractivity contribution in [3.63, 3.8) is 0 Å². The normalized spacial score (nSPS) is 25.1. The molecule has 2 unspecified atom stereocenters.